The first kappa shape index (κ1) is 30.9. The van der Waals surface area contributed by atoms with E-state index in [-0.39, 0.29) is 23.0 Å². The number of benzene rings is 3. The normalized spacial score (nSPS) is 11.7. The number of amides is 2. The maximum atomic E-state index is 13.0. The average molecular weight is 602 g/mol. The molecule has 43 heavy (non-hydrogen) atoms. The lowest BCUT2D eigenvalue weighted by atomic mass is 10.1. The molecule has 1 heterocycles. The molecule has 12 heteroatoms. The molecule has 0 spiro atoms. The van der Waals surface area contributed by atoms with Crippen LogP contribution in [0.5, 0.6) is 5.75 Å². The number of aromatic nitrogens is 1. The first-order valence-electron chi connectivity index (χ1n) is 13.3. The summed E-state index contributed by atoms with van der Waals surface area (Å²) in [5, 5.41) is 16.1. The number of amidine groups is 1. The second-order valence-electron chi connectivity index (χ2n) is 9.45. The number of carbonyl (C=O) groups is 2. The minimum atomic E-state index is -3.92. The molecule has 0 saturated heterocycles. The fraction of sp³-hybridized carbons (Fsp3) is 0.161. The van der Waals surface area contributed by atoms with Crippen LogP contribution in [-0.4, -0.2) is 42.9 Å². The topological polar surface area (TPSA) is 165 Å². The van der Waals surface area contributed by atoms with Crippen LogP contribution < -0.4 is 15.2 Å². The Labute approximate surface area is 249 Å². The Bertz CT molecular complexity index is 1710. The molecule has 1 unspecified atom stereocenters. The Kier molecular flexibility index (Phi) is 9.86. The van der Waals surface area contributed by atoms with Crippen LogP contribution in [0.4, 0.5) is 9.59 Å². The minimum absolute atomic E-state index is 0.00153. The highest BCUT2D eigenvalue weighted by Crippen LogP contribution is 2.28. The molecule has 0 radical (unpaired) electrons. The molecular formula is C31H31N5O6S. The van der Waals surface area contributed by atoms with E-state index in [9.17, 15) is 18.0 Å². The van der Waals surface area contributed by atoms with Gasteiger partial charge in [0.05, 0.1) is 10.6 Å². The van der Waals surface area contributed by atoms with Crippen molar-refractivity contribution in [3.8, 4) is 16.9 Å². The summed E-state index contributed by atoms with van der Waals surface area (Å²) in [5.74, 6) is 0.119. The van der Waals surface area contributed by atoms with E-state index >= 15 is 0 Å². The number of nitrogens with zero attached hydrogens (tertiary/aromatic N) is 2. The lowest BCUT2D eigenvalue weighted by Crippen LogP contribution is -2.33. The number of nitrogens with one attached hydrogen (secondary N) is 2. The molecule has 0 bridgehead atoms. The quantitative estimate of drug-likeness (QED) is 0.175. The van der Waals surface area contributed by atoms with Gasteiger partial charge in [-0.2, -0.15) is 0 Å². The first-order valence-corrected chi connectivity index (χ1v) is 14.8. The highest BCUT2D eigenvalue weighted by atomic mass is 32.2. The number of hydrogen-bond donors (Lipinski definition) is 3. The van der Waals surface area contributed by atoms with Crippen molar-refractivity contribution >= 4 is 28.0 Å². The number of alkyl carbamates (subject to hydrolysis) is 1. The lowest BCUT2D eigenvalue weighted by Gasteiger charge is -2.21. The van der Waals surface area contributed by atoms with Crippen LogP contribution in [0.3, 0.4) is 0 Å². The van der Waals surface area contributed by atoms with Crippen LogP contribution in [0.2, 0.25) is 0 Å². The second kappa shape index (κ2) is 13.7. The third kappa shape index (κ3) is 8.24. The smallest absolute Gasteiger partial charge is 0.415 e. The van der Waals surface area contributed by atoms with E-state index < -0.39 is 28.3 Å². The van der Waals surface area contributed by atoms with E-state index in [2.05, 4.69) is 10.3 Å². The van der Waals surface area contributed by atoms with Gasteiger partial charge in [-0.25, -0.2) is 23.1 Å². The van der Waals surface area contributed by atoms with Crippen LogP contribution >= 0.6 is 0 Å². The van der Waals surface area contributed by atoms with Gasteiger partial charge in [0.25, 0.3) is 0 Å². The van der Waals surface area contributed by atoms with Crippen molar-refractivity contribution in [2.24, 2.45) is 5.14 Å². The zero-order chi connectivity index (χ0) is 31.0. The third-order valence-corrected chi connectivity index (χ3v) is 7.38. The minimum Gasteiger partial charge on any atom is -0.440 e. The summed E-state index contributed by atoms with van der Waals surface area (Å²) in [6.07, 6.45) is -0.373. The number of carbonyl (C=O) groups excluding carboxylic acids is 2. The second-order valence-corrected chi connectivity index (χ2v) is 11.0. The van der Waals surface area contributed by atoms with E-state index in [1.54, 1.807) is 105 Å². The van der Waals surface area contributed by atoms with E-state index in [0.29, 0.717) is 34.5 Å². The molecule has 0 aliphatic carbocycles. The Morgan fingerprint density at radius 3 is 2.40 bits per heavy atom. The molecule has 4 N–H and O–H groups in total. The molecule has 0 aliphatic heterocycles. The SMILES string of the molecule is CCN(Cc1cccc(C(=N)NC(=O)OC(C)c2ccccn2)c1)C(=O)Oc1ccc(-c2ccccc2S(N)(=O)=O)cc1. The monoisotopic (exact) mass is 601 g/mol. The van der Waals surface area contributed by atoms with Gasteiger partial charge < -0.3 is 14.4 Å². The van der Waals surface area contributed by atoms with Gasteiger partial charge in [0.2, 0.25) is 10.0 Å². The van der Waals surface area contributed by atoms with Crippen molar-refractivity contribution < 1.29 is 27.5 Å². The van der Waals surface area contributed by atoms with Gasteiger partial charge in [0, 0.05) is 30.4 Å². The van der Waals surface area contributed by atoms with Gasteiger partial charge in [0.1, 0.15) is 17.7 Å². The van der Waals surface area contributed by atoms with Crippen molar-refractivity contribution in [1.29, 1.82) is 5.41 Å². The molecule has 3 aromatic carbocycles. The van der Waals surface area contributed by atoms with Gasteiger partial charge in [-0.05, 0) is 61.4 Å². The molecule has 0 fully saturated rings. The molecule has 2 amide bonds. The Morgan fingerprint density at radius 1 is 1.00 bits per heavy atom. The standard InChI is InChI=1S/C31H31N5O6S/c1-3-36(31(38)42-25-16-14-23(15-17-25)26-11-4-5-13-28(26)43(33,39)40)20-22-9-8-10-24(19-22)29(32)35-30(37)41-21(2)27-12-6-7-18-34-27/h4-19,21H,3,20H2,1-2H3,(H2,32,35,37)(H2,33,39,40). The zero-order valence-corrected chi connectivity index (χ0v) is 24.4. The first-order chi connectivity index (χ1) is 20.5. The Balaban J connectivity index is 1.37. The van der Waals surface area contributed by atoms with Gasteiger partial charge in [-0.3, -0.25) is 15.7 Å². The van der Waals surface area contributed by atoms with E-state index in [1.165, 1.54) is 11.0 Å². The lowest BCUT2D eigenvalue weighted by molar-refractivity contribution is 0.110. The molecule has 11 nitrogen and oxygen atoms in total. The average Bonchev–Trinajstić information content (AvgIpc) is 3.00. The maximum Gasteiger partial charge on any atom is 0.415 e. The van der Waals surface area contributed by atoms with Crippen molar-refractivity contribution in [3.63, 3.8) is 0 Å². The van der Waals surface area contributed by atoms with Gasteiger partial charge in [-0.1, -0.05) is 54.6 Å². The summed E-state index contributed by atoms with van der Waals surface area (Å²) in [6.45, 7) is 4.03. The van der Waals surface area contributed by atoms with Gasteiger partial charge in [-0.15, -0.1) is 0 Å². The Morgan fingerprint density at radius 2 is 1.72 bits per heavy atom. The molecule has 4 rings (SSSR count). The van der Waals surface area contributed by atoms with Crippen LogP contribution in [0, 0.1) is 5.41 Å². The predicted octanol–water partition coefficient (Wildman–Crippen LogP) is 5.23. The molecular weight excluding hydrogens is 570 g/mol. The molecule has 1 atom stereocenters. The summed E-state index contributed by atoms with van der Waals surface area (Å²) >= 11 is 0. The number of hydrogen-bond acceptors (Lipinski definition) is 8. The Hall–Kier alpha value is -5.07. The molecule has 0 saturated carbocycles. The number of rotatable bonds is 9. The van der Waals surface area contributed by atoms with E-state index in [0.717, 1.165) is 0 Å². The fourth-order valence-electron chi connectivity index (χ4n) is 4.21. The van der Waals surface area contributed by atoms with Crippen LogP contribution in [-0.2, 0) is 21.3 Å². The summed E-state index contributed by atoms with van der Waals surface area (Å²) in [7, 11) is -3.92. The predicted molar refractivity (Wildman–Crippen MR) is 161 cm³/mol. The van der Waals surface area contributed by atoms with E-state index in [1.807, 2.05) is 0 Å². The molecule has 0 aliphatic rings. The number of sulfonamides is 1. The van der Waals surface area contributed by atoms with Crippen LogP contribution in [0.25, 0.3) is 11.1 Å². The zero-order valence-electron chi connectivity index (χ0n) is 23.6. The third-order valence-electron chi connectivity index (χ3n) is 6.41. The highest BCUT2D eigenvalue weighted by Gasteiger charge is 2.18. The van der Waals surface area contributed by atoms with Crippen molar-refractivity contribution in [2.75, 3.05) is 6.54 Å². The van der Waals surface area contributed by atoms with E-state index in [4.69, 9.17) is 20.0 Å². The molecule has 222 valence electrons. The van der Waals surface area contributed by atoms with Gasteiger partial charge >= 0.3 is 12.2 Å². The van der Waals surface area contributed by atoms with Crippen molar-refractivity contribution in [3.05, 3.63) is 114 Å². The van der Waals surface area contributed by atoms with Crippen LogP contribution in [0.15, 0.2) is 102 Å². The number of nitrogens with two attached hydrogens (primary N) is 1. The number of primary sulfonamides is 1. The van der Waals surface area contributed by atoms with Gasteiger partial charge in [0.15, 0.2) is 0 Å². The van der Waals surface area contributed by atoms with Crippen LogP contribution in [0.1, 0.15) is 36.8 Å². The summed E-state index contributed by atoms with van der Waals surface area (Å²) in [5.41, 5.74) is 2.77. The number of pyridine rings is 1. The molecule has 1 aromatic heterocycles. The largest absolute Gasteiger partial charge is 0.440 e. The molecule has 4 aromatic rings. The summed E-state index contributed by atoms with van der Waals surface area (Å²) in [6, 6.07) is 25.0. The summed E-state index contributed by atoms with van der Waals surface area (Å²) < 4.78 is 34.8. The highest BCUT2D eigenvalue weighted by molar-refractivity contribution is 7.89. The number of ether oxygens (including phenoxy) is 2. The fourth-order valence-corrected chi connectivity index (χ4v) is 4.97. The van der Waals surface area contributed by atoms with Crippen molar-refractivity contribution in [1.82, 2.24) is 15.2 Å². The van der Waals surface area contributed by atoms with Crippen molar-refractivity contribution in [2.45, 2.75) is 31.4 Å². The summed E-state index contributed by atoms with van der Waals surface area (Å²) in [4.78, 5) is 30.9. The maximum absolute atomic E-state index is 13.0.